The highest BCUT2D eigenvalue weighted by Crippen LogP contribution is 2.34. The van der Waals surface area contributed by atoms with E-state index in [0.29, 0.717) is 17.6 Å². The van der Waals surface area contributed by atoms with E-state index in [1.165, 1.54) is 12.5 Å². The van der Waals surface area contributed by atoms with Crippen molar-refractivity contribution in [2.24, 2.45) is 5.92 Å². The van der Waals surface area contributed by atoms with Crippen molar-refractivity contribution in [3.8, 4) is 0 Å². The average molecular weight is 272 g/mol. The fourth-order valence-corrected chi connectivity index (χ4v) is 2.60. The first-order valence-corrected chi connectivity index (χ1v) is 6.61. The number of alkyl halides is 3. The number of benzene rings is 1. The Hall–Kier alpha value is -1.39. The third kappa shape index (κ3) is 3.33. The first-order valence-electron chi connectivity index (χ1n) is 6.61. The second-order valence-electron chi connectivity index (χ2n) is 5.31. The van der Waals surface area contributed by atoms with Crippen molar-refractivity contribution in [1.29, 1.82) is 0 Å². The van der Waals surface area contributed by atoms with Crippen LogP contribution in [0.1, 0.15) is 38.2 Å². The number of rotatable bonds is 2. The predicted molar refractivity (Wildman–Crippen MR) is 70.9 cm³/mol. The molecule has 0 unspecified atom stereocenters. The summed E-state index contributed by atoms with van der Waals surface area (Å²) in [5.74, 6) is 0.524. The van der Waals surface area contributed by atoms with Gasteiger partial charge in [0.2, 0.25) is 0 Å². The molecule has 2 atom stereocenters. The van der Waals surface area contributed by atoms with Gasteiger partial charge in [0, 0.05) is 6.04 Å². The molecule has 1 aliphatic carbocycles. The summed E-state index contributed by atoms with van der Waals surface area (Å²) in [4.78, 5) is 0. The second kappa shape index (κ2) is 5.31. The standard InChI is InChI=1S/C14H19F3N2/c1-9-4-2-3-5-12(9)19-13-7-6-10(8-11(13)18)14(15,16)17/h6-9,12,19H,2-5,18H2,1H3/t9-,12-/m1/s1. The lowest BCUT2D eigenvalue weighted by molar-refractivity contribution is -0.137. The van der Waals surface area contributed by atoms with Crippen LogP contribution in [0.15, 0.2) is 18.2 Å². The monoisotopic (exact) mass is 272 g/mol. The van der Waals surface area contributed by atoms with Crippen molar-refractivity contribution < 1.29 is 13.2 Å². The first-order chi connectivity index (χ1) is 8.88. The molecule has 3 N–H and O–H groups in total. The molecular formula is C14H19F3N2. The lowest BCUT2D eigenvalue weighted by atomic mass is 9.86. The summed E-state index contributed by atoms with van der Waals surface area (Å²) in [6.45, 7) is 2.16. The number of nitrogen functional groups attached to an aromatic ring is 1. The largest absolute Gasteiger partial charge is 0.416 e. The number of hydrogen-bond acceptors (Lipinski definition) is 2. The topological polar surface area (TPSA) is 38.0 Å². The Labute approximate surface area is 111 Å². The van der Waals surface area contributed by atoms with Gasteiger partial charge in [-0.2, -0.15) is 13.2 Å². The molecule has 0 saturated heterocycles. The number of nitrogens with two attached hydrogens (primary N) is 1. The van der Waals surface area contributed by atoms with Crippen LogP contribution in [0.25, 0.3) is 0 Å². The van der Waals surface area contributed by atoms with Crippen LogP contribution in [-0.2, 0) is 6.18 Å². The van der Waals surface area contributed by atoms with Gasteiger partial charge in [-0.25, -0.2) is 0 Å². The van der Waals surface area contributed by atoms with E-state index < -0.39 is 11.7 Å². The molecule has 1 fully saturated rings. The molecule has 1 saturated carbocycles. The molecule has 0 aromatic heterocycles. The Morgan fingerprint density at radius 1 is 1.21 bits per heavy atom. The molecule has 0 bridgehead atoms. The summed E-state index contributed by atoms with van der Waals surface area (Å²) in [6.07, 6.45) is 0.231. The molecule has 106 valence electrons. The third-order valence-electron chi connectivity index (χ3n) is 3.83. The normalized spacial score (nSPS) is 24.2. The molecule has 19 heavy (non-hydrogen) atoms. The van der Waals surface area contributed by atoms with Crippen LogP contribution in [-0.4, -0.2) is 6.04 Å². The maximum absolute atomic E-state index is 12.5. The van der Waals surface area contributed by atoms with E-state index in [9.17, 15) is 13.2 Å². The first kappa shape index (κ1) is 14.0. The molecule has 0 amide bonds. The minimum absolute atomic E-state index is 0.160. The Bertz CT molecular complexity index is 443. The van der Waals surface area contributed by atoms with E-state index in [1.807, 2.05) is 0 Å². The maximum atomic E-state index is 12.5. The summed E-state index contributed by atoms with van der Waals surface area (Å²) in [5, 5.41) is 3.29. The van der Waals surface area contributed by atoms with Crippen LogP contribution >= 0.6 is 0 Å². The molecular weight excluding hydrogens is 253 g/mol. The third-order valence-corrected chi connectivity index (χ3v) is 3.83. The summed E-state index contributed by atoms with van der Waals surface area (Å²) < 4.78 is 37.6. The van der Waals surface area contributed by atoms with Gasteiger partial charge in [-0.1, -0.05) is 19.8 Å². The van der Waals surface area contributed by atoms with E-state index in [1.54, 1.807) is 0 Å². The summed E-state index contributed by atoms with van der Waals surface area (Å²) in [6, 6.07) is 3.80. The van der Waals surface area contributed by atoms with Gasteiger partial charge in [-0.3, -0.25) is 0 Å². The molecule has 2 nitrogen and oxygen atoms in total. The molecule has 1 aromatic carbocycles. The molecule has 0 spiro atoms. The zero-order valence-electron chi connectivity index (χ0n) is 10.9. The van der Waals surface area contributed by atoms with Crippen molar-refractivity contribution in [3.05, 3.63) is 23.8 Å². The van der Waals surface area contributed by atoms with Crippen LogP contribution < -0.4 is 11.1 Å². The van der Waals surface area contributed by atoms with Crippen LogP contribution in [0.4, 0.5) is 24.5 Å². The predicted octanol–water partition coefficient (Wildman–Crippen LogP) is 4.28. The van der Waals surface area contributed by atoms with Crippen molar-refractivity contribution >= 4 is 11.4 Å². The number of halogens is 3. The number of anilines is 2. The van der Waals surface area contributed by atoms with Gasteiger partial charge in [0.15, 0.2) is 0 Å². The molecule has 1 aliphatic rings. The summed E-state index contributed by atoms with van der Waals surface area (Å²) >= 11 is 0. The van der Waals surface area contributed by atoms with Crippen LogP contribution in [0.3, 0.4) is 0 Å². The maximum Gasteiger partial charge on any atom is 0.416 e. The number of hydrogen-bond donors (Lipinski definition) is 2. The van der Waals surface area contributed by atoms with Gasteiger partial charge in [-0.05, 0) is 37.0 Å². The van der Waals surface area contributed by atoms with Crippen molar-refractivity contribution in [3.63, 3.8) is 0 Å². The summed E-state index contributed by atoms with van der Waals surface area (Å²) in [7, 11) is 0. The van der Waals surface area contributed by atoms with E-state index >= 15 is 0 Å². The van der Waals surface area contributed by atoms with Gasteiger partial charge in [0.25, 0.3) is 0 Å². The fourth-order valence-electron chi connectivity index (χ4n) is 2.60. The van der Waals surface area contributed by atoms with Gasteiger partial charge in [0.1, 0.15) is 0 Å². The van der Waals surface area contributed by atoms with E-state index in [-0.39, 0.29) is 5.69 Å². The molecule has 0 aliphatic heterocycles. The van der Waals surface area contributed by atoms with Crippen LogP contribution in [0.5, 0.6) is 0 Å². The quantitative estimate of drug-likeness (QED) is 0.789. The lowest BCUT2D eigenvalue weighted by Gasteiger charge is -2.30. The van der Waals surface area contributed by atoms with Crippen molar-refractivity contribution in [2.45, 2.75) is 44.8 Å². The minimum atomic E-state index is -4.34. The highest BCUT2D eigenvalue weighted by molar-refractivity contribution is 5.67. The Kier molecular flexibility index (Phi) is 3.92. The molecule has 5 heteroatoms. The van der Waals surface area contributed by atoms with Gasteiger partial charge in [-0.15, -0.1) is 0 Å². The highest BCUT2D eigenvalue weighted by atomic mass is 19.4. The SMILES string of the molecule is C[C@@H]1CCCC[C@H]1Nc1ccc(C(F)(F)F)cc1N. The molecule has 0 radical (unpaired) electrons. The molecule has 1 aromatic rings. The Morgan fingerprint density at radius 2 is 1.89 bits per heavy atom. The number of nitrogens with one attached hydrogen (secondary N) is 1. The lowest BCUT2D eigenvalue weighted by Crippen LogP contribution is -2.30. The Morgan fingerprint density at radius 3 is 2.47 bits per heavy atom. The van der Waals surface area contributed by atoms with Crippen LogP contribution in [0, 0.1) is 5.92 Å². The van der Waals surface area contributed by atoms with E-state index in [4.69, 9.17) is 5.73 Å². The van der Waals surface area contributed by atoms with Gasteiger partial charge in [0.05, 0.1) is 16.9 Å². The smallest absolute Gasteiger partial charge is 0.397 e. The Balaban J connectivity index is 2.13. The van der Waals surface area contributed by atoms with Gasteiger partial charge < -0.3 is 11.1 Å². The zero-order chi connectivity index (χ0) is 14.0. The van der Waals surface area contributed by atoms with Crippen molar-refractivity contribution in [2.75, 3.05) is 11.1 Å². The van der Waals surface area contributed by atoms with E-state index in [2.05, 4.69) is 12.2 Å². The van der Waals surface area contributed by atoms with Crippen LogP contribution in [0.2, 0.25) is 0 Å². The average Bonchev–Trinajstić information content (AvgIpc) is 2.33. The van der Waals surface area contributed by atoms with Gasteiger partial charge >= 0.3 is 6.18 Å². The minimum Gasteiger partial charge on any atom is -0.397 e. The highest BCUT2D eigenvalue weighted by Gasteiger charge is 2.31. The molecule has 2 rings (SSSR count). The van der Waals surface area contributed by atoms with Crippen molar-refractivity contribution in [1.82, 2.24) is 0 Å². The molecule has 0 heterocycles. The summed E-state index contributed by atoms with van der Waals surface area (Å²) in [5.41, 5.74) is 5.78. The zero-order valence-corrected chi connectivity index (χ0v) is 10.9. The second-order valence-corrected chi connectivity index (χ2v) is 5.31. The fraction of sp³-hybridized carbons (Fsp3) is 0.571. The van der Waals surface area contributed by atoms with E-state index in [0.717, 1.165) is 31.4 Å².